The lowest BCUT2D eigenvalue weighted by molar-refractivity contribution is 1.48. The molecule has 0 saturated carbocycles. The second kappa shape index (κ2) is 73.8. The Hall–Kier alpha value is 0.0649. The monoisotopic (exact) mass is 86.1 g/mol. The summed E-state index contributed by atoms with van der Waals surface area (Å²) < 4.78 is 0. The molecule has 0 amide bonds. The highest BCUT2D eigenvalue weighted by atomic mass is 13.2. The van der Waals surface area contributed by atoms with Crippen LogP contribution in [0.25, 0.3) is 0 Å². The molecule has 1 heteroatoms. The SMILES string of the molecule is C.CC.[B]CC. The maximum absolute atomic E-state index is 4.85. The fraction of sp³-hybridized carbons (Fsp3) is 1.00. The van der Waals surface area contributed by atoms with Crippen LogP contribution in [0.1, 0.15) is 28.2 Å². The van der Waals surface area contributed by atoms with Crippen LogP contribution in [0.2, 0.25) is 6.32 Å². The molecule has 0 saturated heterocycles. The molecule has 0 aromatic heterocycles. The summed E-state index contributed by atoms with van der Waals surface area (Å²) >= 11 is 0. The molecular weight excluding hydrogens is 70.9 g/mol. The zero-order valence-corrected chi connectivity index (χ0v) is 4.28. The van der Waals surface area contributed by atoms with E-state index in [0.29, 0.717) is 0 Å². The van der Waals surface area contributed by atoms with Crippen LogP contribution in [0.4, 0.5) is 0 Å². The molecule has 0 fully saturated rings. The van der Waals surface area contributed by atoms with Crippen LogP contribution in [0.5, 0.6) is 0 Å². The van der Waals surface area contributed by atoms with Gasteiger partial charge in [-0.25, -0.2) is 0 Å². The molecule has 2 radical (unpaired) electrons. The van der Waals surface area contributed by atoms with Crippen molar-refractivity contribution < 1.29 is 0 Å². The minimum Gasteiger partial charge on any atom is -0.0915 e. The van der Waals surface area contributed by atoms with Gasteiger partial charge in [0.05, 0.1) is 7.85 Å². The van der Waals surface area contributed by atoms with Crippen LogP contribution in [-0.4, -0.2) is 7.85 Å². The molecule has 0 aromatic rings. The Labute approximate surface area is 43.4 Å². The smallest absolute Gasteiger partial charge is 0.0649 e. The Morgan fingerprint density at radius 2 is 1.33 bits per heavy atom. The van der Waals surface area contributed by atoms with Gasteiger partial charge in [0.15, 0.2) is 0 Å². The Kier molecular flexibility index (Phi) is 204. The van der Waals surface area contributed by atoms with Crippen molar-refractivity contribution in [2.75, 3.05) is 0 Å². The van der Waals surface area contributed by atoms with Crippen molar-refractivity contribution in [3.8, 4) is 0 Å². The first kappa shape index (κ1) is 16.6. The summed E-state index contributed by atoms with van der Waals surface area (Å²) in [4.78, 5) is 0. The van der Waals surface area contributed by atoms with Crippen molar-refractivity contribution in [1.82, 2.24) is 0 Å². The fourth-order valence-corrected chi connectivity index (χ4v) is 0. The van der Waals surface area contributed by atoms with Gasteiger partial charge in [-0.3, -0.25) is 0 Å². The molecule has 0 aliphatic rings. The maximum atomic E-state index is 4.85. The largest absolute Gasteiger partial charge is 0.0915 e. The van der Waals surface area contributed by atoms with Crippen molar-refractivity contribution >= 4 is 7.85 Å². The van der Waals surface area contributed by atoms with Gasteiger partial charge in [-0.2, -0.15) is 0 Å². The molecular formula is C5H15B. The fourth-order valence-electron chi connectivity index (χ4n) is 0. The van der Waals surface area contributed by atoms with Crippen LogP contribution in [0.15, 0.2) is 0 Å². The lowest BCUT2D eigenvalue weighted by Gasteiger charge is -1.46. The van der Waals surface area contributed by atoms with Crippen molar-refractivity contribution in [1.29, 1.82) is 0 Å². The van der Waals surface area contributed by atoms with E-state index in [4.69, 9.17) is 7.85 Å². The minimum atomic E-state index is 0. The van der Waals surface area contributed by atoms with E-state index in [2.05, 4.69) is 0 Å². The lowest BCUT2D eigenvalue weighted by Crippen LogP contribution is -1.41. The highest BCUT2D eigenvalue weighted by molar-refractivity contribution is 6.08. The summed E-state index contributed by atoms with van der Waals surface area (Å²) in [7, 11) is 4.85. The first-order valence-electron chi connectivity index (χ1n) is 2.12. The lowest BCUT2D eigenvalue weighted by atomic mass is 10.1. The summed E-state index contributed by atoms with van der Waals surface area (Å²) in [5.41, 5.74) is 0. The van der Waals surface area contributed by atoms with E-state index >= 15 is 0 Å². The van der Waals surface area contributed by atoms with Crippen LogP contribution in [-0.2, 0) is 0 Å². The molecule has 0 aliphatic heterocycles. The molecule has 0 bridgehead atoms. The first-order valence-corrected chi connectivity index (χ1v) is 2.12. The molecule has 0 N–H and O–H groups in total. The standard InChI is InChI=1S/C2H5B.C2H6.CH4/c1-2-3;1-2;/h2H2,1H3;1-2H3;1H4. The molecule has 38 valence electrons. The Morgan fingerprint density at radius 3 is 1.33 bits per heavy atom. The summed E-state index contributed by atoms with van der Waals surface area (Å²) in [6, 6.07) is 0. The van der Waals surface area contributed by atoms with E-state index in [1.807, 2.05) is 20.8 Å². The molecule has 0 spiro atoms. The molecule has 0 rings (SSSR count). The molecule has 0 atom stereocenters. The van der Waals surface area contributed by atoms with Gasteiger partial charge in [-0.05, 0) is 0 Å². The van der Waals surface area contributed by atoms with Gasteiger partial charge in [0.2, 0.25) is 0 Å². The van der Waals surface area contributed by atoms with E-state index in [9.17, 15) is 0 Å². The zero-order valence-electron chi connectivity index (χ0n) is 4.28. The van der Waals surface area contributed by atoms with Gasteiger partial charge < -0.3 is 0 Å². The van der Waals surface area contributed by atoms with Crippen LogP contribution < -0.4 is 0 Å². The van der Waals surface area contributed by atoms with Crippen molar-refractivity contribution in [3.63, 3.8) is 0 Å². The second-order valence-electron chi connectivity index (χ2n) is 0.408. The third kappa shape index (κ3) is 9060. The maximum Gasteiger partial charge on any atom is 0.0649 e. The predicted molar refractivity (Wildman–Crippen MR) is 34.3 cm³/mol. The average Bonchev–Trinajstić information content (AvgIpc) is 1.46. The Bertz CT molecular complexity index is 3.90. The van der Waals surface area contributed by atoms with E-state index < -0.39 is 0 Å². The van der Waals surface area contributed by atoms with Gasteiger partial charge >= 0.3 is 0 Å². The van der Waals surface area contributed by atoms with Gasteiger partial charge in [-0.15, -0.1) is 0 Å². The molecule has 6 heavy (non-hydrogen) atoms. The second-order valence-corrected chi connectivity index (χ2v) is 0.408. The number of hydrogen-bond acceptors (Lipinski definition) is 0. The summed E-state index contributed by atoms with van der Waals surface area (Å²) in [6.07, 6.45) is 0.750. The van der Waals surface area contributed by atoms with Crippen molar-refractivity contribution in [3.05, 3.63) is 0 Å². The minimum absolute atomic E-state index is 0. The van der Waals surface area contributed by atoms with E-state index in [-0.39, 0.29) is 7.43 Å². The highest BCUT2D eigenvalue weighted by Gasteiger charge is 1.37. The summed E-state index contributed by atoms with van der Waals surface area (Å²) in [5, 5.41) is 0. The van der Waals surface area contributed by atoms with Crippen LogP contribution >= 0.6 is 0 Å². The van der Waals surface area contributed by atoms with Crippen molar-refractivity contribution in [2.45, 2.75) is 34.5 Å². The summed E-state index contributed by atoms with van der Waals surface area (Å²) in [6.45, 7) is 5.90. The number of hydrogen-bond donors (Lipinski definition) is 0. The molecule has 0 nitrogen and oxygen atoms in total. The van der Waals surface area contributed by atoms with E-state index in [0.717, 1.165) is 6.32 Å². The number of rotatable bonds is 0. The van der Waals surface area contributed by atoms with Crippen molar-refractivity contribution in [2.24, 2.45) is 0 Å². The molecule has 0 unspecified atom stereocenters. The van der Waals surface area contributed by atoms with E-state index in [1.165, 1.54) is 0 Å². The van der Waals surface area contributed by atoms with Gasteiger partial charge in [0.1, 0.15) is 0 Å². The van der Waals surface area contributed by atoms with Gasteiger partial charge in [0.25, 0.3) is 0 Å². The predicted octanol–water partition coefficient (Wildman–Crippen LogP) is 2.26. The van der Waals surface area contributed by atoms with Gasteiger partial charge in [0, 0.05) is 0 Å². The zero-order chi connectivity index (χ0) is 4.71. The Morgan fingerprint density at radius 1 is 1.33 bits per heavy atom. The quantitative estimate of drug-likeness (QED) is 0.396. The molecule has 0 heterocycles. The molecule has 0 aromatic carbocycles. The third-order valence-corrected chi connectivity index (χ3v) is 0. The topological polar surface area (TPSA) is 0 Å². The Balaban J connectivity index is -0.0000000275. The van der Waals surface area contributed by atoms with Crippen LogP contribution in [0, 0.1) is 0 Å². The summed E-state index contributed by atoms with van der Waals surface area (Å²) in [5.74, 6) is 0. The average molecular weight is 86.0 g/mol. The normalized spacial score (nSPS) is 3.83. The first-order chi connectivity index (χ1) is 2.41. The third-order valence-electron chi connectivity index (χ3n) is 0. The van der Waals surface area contributed by atoms with Gasteiger partial charge in [-0.1, -0.05) is 34.5 Å². The molecule has 0 aliphatic carbocycles. The highest BCUT2D eigenvalue weighted by Crippen LogP contribution is 1.49. The van der Waals surface area contributed by atoms with E-state index in [1.54, 1.807) is 0 Å². The van der Waals surface area contributed by atoms with Crippen LogP contribution in [0.3, 0.4) is 0 Å².